The van der Waals surface area contributed by atoms with Crippen LogP contribution in [0, 0.1) is 0 Å². The Kier molecular flexibility index (Phi) is 1.12. The molecule has 3 heteroatoms. The van der Waals surface area contributed by atoms with E-state index >= 15 is 0 Å². The van der Waals surface area contributed by atoms with Gasteiger partial charge in [0.15, 0.2) is 0 Å². The fourth-order valence-electron chi connectivity index (χ4n) is 0. The van der Waals surface area contributed by atoms with Gasteiger partial charge in [-0.2, -0.15) is 8.78 Å². The van der Waals surface area contributed by atoms with E-state index in [1.165, 1.54) is 0 Å². The first-order valence-corrected chi connectivity index (χ1v) is 1.44. The van der Waals surface area contributed by atoms with Crippen molar-refractivity contribution in [3.8, 4) is 0 Å². The van der Waals surface area contributed by atoms with E-state index in [0.717, 1.165) is 0 Å². The highest BCUT2D eigenvalue weighted by Crippen LogP contribution is 2.15. The third-order valence-corrected chi connectivity index (χ3v) is 0. The number of hydrogen-bond donors (Lipinski definition) is 0. The third kappa shape index (κ3) is 853. The van der Waals surface area contributed by atoms with Crippen molar-refractivity contribution < 1.29 is 10.2 Å². The van der Waals surface area contributed by atoms with E-state index < -0.39 is 5.38 Å². The number of rotatable bonds is 0. The molecule has 0 saturated carbocycles. The Morgan fingerprint density at radius 3 is 1.80 bits per heavy atom. The molecule has 0 heterocycles. The molecule has 0 spiro atoms. The first-order valence-electron chi connectivity index (χ1n) is 1.07. The Hall–Kier alpha value is 0.150. The van der Waals surface area contributed by atoms with Crippen LogP contribution in [-0.4, -0.2) is 5.38 Å². The van der Waals surface area contributed by atoms with Crippen molar-refractivity contribution in [3.63, 3.8) is 0 Å². The van der Waals surface area contributed by atoms with Crippen LogP contribution in [0.5, 0.6) is 0 Å². The van der Waals surface area contributed by atoms with Gasteiger partial charge in [0.1, 0.15) is 0 Å². The fraction of sp³-hybridized carbons (Fsp3) is 1.00. The van der Waals surface area contributed by atoms with Crippen LogP contribution in [0.1, 0.15) is 8.35 Å². The second-order valence-corrected chi connectivity index (χ2v) is 1.44. The summed E-state index contributed by atoms with van der Waals surface area (Å²) in [4.78, 5) is 0. The summed E-state index contributed by atoms with van der Waals surface area (Å²) in [7, 11) is 0. The summed E-state index contributed by atoms with van der Waals surface area (Å²) in [6.45, 7) is 0.620. The molecule has 0 aromatic heterocycles. The molecule has 0 fully saturated rings. The minimum atomic E-state index is -3.03. The zero-order chi connectivity index (χ0) is 4.50. The van der Waals surface area contributed by atoms with Gasteiger partial charge in [-0.05, 0) is 11.6 Å². The van der Waals surface area contributed by atoms with Crippen LogP contribution in [0.2, 0.25) is 0 Å². The molecule has 0 aliphatic carbocycles. The molecule has 32 valence electrons. The number of hydrogen-bond acceptors (Lipinski definition) is 0. The summed E-state index contributed by atoms with van der Waals surface area (Å²) in [5, 5.41) is -3.03. The van der Waals surface area contributed by atoms with Crippen molar-refractivity contribution >= 4 is 11.6 Å². The van der Waals surface area contributed by atoms with Gasteiger partial charge in [0.25, 0.3) is 0 Å². The van der Waals surface area contributed by atoms with Crippen molar-refractivity contribution in [1.82, 2.24) is 0 Å². The Bertz CT molecular complexity index is 27.0. The van der Waals surface area contributed by atoms with Crippen molar-refractivity contribution in [2.45, 2.75) is 12.3 Å². The standard InChI is InChI=1S/C2H3ClF2/c1-2(3,4)5/h1H3/p+1. The quantitative estimate of drug-likeness (QED) is 0.409. The Labute approximate surface area is 35.2 Å². The maximum atomic E-state index is 10.8. The minimum Gasteiger partial charge on any atom is -0.189 e. The third-order valence-electron chi connectivity index (χ3n) is 0. The molecule has 0 aliphatic heterocycles. The average molecular weight is 102 g/mol. The average Bonchev–Trinajstić information content (AvgIpc) is 0.722. The normalized spacial score (nSPS) is 12.0. The van der Waals surface area contributed by atoms with Gasteiger partial charge in [-0.15, -0.1) is 0 Å². The molecular formula is C2H4ClF2+. The molecule has 0 amide bonds. The van der Waals surface area contributed by atoms with Gasteiger partial charge < -0.3 is 0 Å². The lowest BCUT2D eigenvalue weighted by molar-refractivity contribution is 0.119. The van der Waals surface area contributed by atoms with Crippen LogP contribution in [0.4, 0.5) is 8.78 Å². The first kappa shape index (κ1) is 5.15. The van der Waals surface area contributed by atoms with Crippen LogP contribution in [0.3, 0.4) is 0 Å². The molecule has 0 N–H and O–H groups in total. The van der Waals surface area contributed by atoms with Crippen molar-refractivity contribution in [2.75, 3.05) is 0 Å². The molecule has 0 nitrogen and oxygen atoms in total. The molecule has 0 bridgehead atoms. The van der Waals surface area contributed by atoms with Crippen LogP contribution in [-0.2, 0) is 0 Å². The van der Waals surface area contributed by atoms with Crippen molar-refractivity contribution in [3.05, 3.63) is 0 Å². The van der Waals surface area contributed by atoms with E-state index in [1.54, 1.807) is 0 Å². The van der Waals surface area contributed by atoms with Crippen LogP contribution >= 0.6 is 11.6 Å². The lowest BCUT2D eigenvalue weighted by Gasteiger charge is -1.90. The minimum absolute atomic E-state index is 0. The summed E-state index contributed by atoms with van der Waals surface area (Å²) >= 11 is 4.20. The van der Waals surface area contributed by atoms with Gasteiger partial charge >= 0.3 is 6.81 Å². The first-order chi connectivity index (χ1) is 2.00. The molecule has 0 aliphatic rings. The van der Waals surface area contributed by atoms with Crippen molar-refractivity contribution in [2.24, 2.45) is 0 Å². The lowest BCUT2D eigenvalue weighted by atomic mass is 10.9. The molecule has 5 heavy (non-hydrogen) atoms. The van der Waals surface area contributed by atoms with E-state index in [1.807, 2.05) is 0 Å². The molecule has 0 rings (SSSR count). The van der Waals surface area contributed by atoms with E-state index in [4.69, 9.17) is 0 Å². The monoisotopic (exact) mass is 101 g/mol. The van der Waals surface area contributed by atoms with Crippen LogP contribution in [0.25, 0.3) is 0 Å². The lowest BCUT2D eigenvalue weighted by Crippen LogP contribution is -1.92. The number of alkyl halides is 3. The Balaban J connectivity index is 0. The molecule has 0 radical (unpaired) electrons. The van der Waals surface area contributed by atoms with Gasteiger partial charge in [-0.1, -0.05) is 0 Å². The maximum absolute atomic E-state index is 10.8. The molecule has 0 unspecified atom stereocenters. The van der Waals surface area contributed by atoms with Gasteiger partial charge in [0.2, 0.25) is 0 Å². The second-order valence-electron chi connectivity index (χ2n) is 0.781. The second kappa shape index (κ2) is 1.09. The van der Waals surface area contributed by atoms with E-state index in [2.05, 4.69) is 11.6 Å². The van der Waals surface area contributed by atoms with Crippen molar-refractivity contribution in [1.29, 1.82) is 0 Å². The van der Waals surface area contributed by atoms with E-state index in [9.17, 15) is 8.78 Å². The zero-order valence-electron chi connectivity index (χ0n) is 3.63. The topological polar surface area (TPSA) is 0 Å². The van der Waals surface area contributed by atoms with Gasteiger partial charge in [-0.25, -0.2) is 0 Å². The fourth-order valence-corrected chi connectivity index (χ4v) is 0. The van der Waals surface area contributed by atoms with Gasteiger partial charge in [-0.3, -0.25) is 0 Å². The maximum Gasteiger partial charge on any atom is 1.00 e. The summed E-state index contributed by atoms with van der Waals surface area (Å²) in [6.07, 6.45) is 0. The highest BCUT2D eigenvalue weighted by Gasteiger charge is 2.12. The molecule has 0 atom stereocenters. The predicted octanol–water partition coefficient (Wildman–Crippen LogP) is 1.95. The summed E-state index contributed by atoms with van der Waals surface area (Å²) in [6, 6.07) is 0. The molecular weight excluding hydrogens is 97.5 g/mol. The zero-order valence-corrected chi connectivity index (χ0v) is 3.39. The largest absolute Gasteiger partial charge is 1.00 e. The summed E-state index contributed by atoms with van der Waals surface area (Å²) in [5.74, 6) is 0. The van der Waals surface area contributed by atoms with E-state index in [-0.39, 0.29) is 1.43 Å². The van der Waals surface area contributed by atoms with Gasteiger partial charge in [0.05, 0.1) is 0 Å². The molecule has 0 aromatic carbocycles. The Morgan fingerprint density at radius 1 is 1.80 bits per heavy atom. The highest BCUT2D eigenvalue weighted by atomic mass is 35.5. The highest BCUT2D eigenvalue weighted by molar-refractivity contribution is 6.21. The molecule has 0 aromatic rings. The van der Waals surface area contributed by atoms with E-state index in [0.29, 0.717) is 6.92 Å². The smallest absolute Gasteiger partial charge is 0.189 e. The van der Waals surface area contributed by atoms with Crippen LogP contribution in [0.15, 0.2) is 0 Å². The predicted molar refractivity (Wildman–Crippen MR) is 17.6 cm³/mol. The Morgan fingerprint density at radius 2 is 1.80 bits per heavy atom. The summed E-state index contributed by atoms with van der Waals surface area (Å²) in [5.41, 5.74) is 0. The SMILES string of the molecule is CC(F)(F)Cl.[H+]. The van der Waals surface area contributed by atoms with Crippen LogP contribution < -0.4 is 0 Å². The number of halogens is 3. The van der Waals surface area contributed by atoms with Gasteiger partial charge in [0, 0.05) is 6.92 Å². The summed E-state index contributed by atoms with van der Waals surface area (Å²) < 4.78 is 21.6. The molecule has 0 saturated heterocycles.